The number of aryl methyl sites for hydroxylation is 8. The first-order valence-corrected chi connectivity index (χ1v) is 42.2. The molecule has 0 saturated heterocycles. The van der Waals surface area contributed by atoms with E-state index in [9.17, 15) is 78.4 Å². The standard InChI is InChI=1S/C17H17N3O5S.C16H14FIN4O2.C10H11N3O3.C8H14O4.C7H7ClO2S.C6H5FIN.C6H9N3O.C5H7N3O.C4H4.CH4.B4.B.2H2/c1-10-5-7-12(8-6-10)26(23,24)25-14-11(2)16(21)20(4)15-13(14)17(22)19(3)9-18-15;1-8-13(20-11-5-4-9(18)6-10(11)17)12-14(22(3)15(8)23)19-7-21(2)16(12)24;1-5-7(14)6-8(13(3)9(5)15)11-4-12(2)10(6)16;1-4-12-8(10)6(2)7(9)5-11-3;1-6-2-4-7(5-3-6)11(8,9)10;7-5-3-4(8)1-2-6(5)9;1-7-5-3-6(10)9(2)4-8-5;1-6-4-2-5(9)8-3-7-4;1-3-4-2;;1-4(2)3;;;/h5-9H,1-4H3;4-7,20H,1-3H3;4-5H,1-3H3;6H,4-5H2,1-3H3;2-5H,1H3;1-3H,9H2;3-4,7H,1-2H3;2-3H,1H3,(H2,6,7,8,9);1-2H2;1H4;;;2*1H/i;;;;;;;;;;;;2*1+1D. The molecule has 8 heterocycles. The van der Waals surface area contributed by atoms with Gasteiger partial charge in [-0.15, -0.1) is 0 Å². The topological polar surface area (TPSA) is 459 Å². The van der Waals surface area contributed by atoms with Gasteiger partial charge >= 0.3 is 16.1 Å². The Hall–Kier alpha value is -11.9. The molecule has 0 aliphatic carbocycles. The van der Waals surface area contributed by atoms with Crippen LogP contribution in [0.15, 0.2) is 197 Å². The molecule has 127 heavy (non-hydrogen) atoms. The molecule has 7 aromatic heterocycles. The van der Waals surface area contributed by atoms with E-state index >= 15 is 0 Å². The number of hydrogen-bond donors (Lipinski definition) is 5. The van der Waals surface area contributed by atoms with Crippen LogP contribution in [0.5, 0.6) is 5.75 Å². The molecule has 4 aromatic carbocycles. The number of rotatable bonds is 13. The van der Waals surface area contributed by atoms with Crippen molar-refractivity contribution >= 4 is 193 Å². The number of aromatic amines is 1. The number of anilines is 6. The SMILES string of the molecule is C.C=C=C=C.CC1C(=O)c2c(ncn(C)c2=O)N(C)C1=O.CCOC(=O)C(C)C(=O)COC.CNc1cc(=O)[nH]cn1.CNc1cc(=O)n(C)cn1.Cc1c(Nc2ccc(I)cc2F)c2c(=O)n(C)cnc2n(C)c1=O.Cc1ccc(S(=O)(=O)Cl)cc1.Cc1ccc(S(=O)(=O)Oc2c(C)c(=O)n(C)c3ncn(C)c(=O)c23)cc1.Nc1ccc(I)cc1F.[2H][2H].[2H][2H].[B].[B]B([B])[B]. The number of nitrogens with one attached hydrogen (secondary N) is 4. The lowest BCUT2D eigenvalue weighted by atomic mass is 9.08. The van der Waals surface area contributed by atoms with Gasteiger partial charge in [0.1, 0.15) is 57.0 Å². The van der Waals surface area contributed by atoms with Crippen molar-refractivity contribution in [3.05, 3.63) is 272 Å². The molecule has 47 heteroatoms. The van der Waals surface area contributed by atoms with Crippen LogP contribution in [0.4, 0.5) is 43.3 Å². The number of esters is 1. The summed E-state index contributed by atoms with van der Waals surface area (Å²) in [6.07, 6.45) is 6.09. The Bertz CT molecular complexity index is 6500. The maximum absolute atomic E-state index is 14.2. The van der Waals surface area contributed by atoms with Crippen molar-refractivity contribution < 1.29 is 64.4 Å². The molecule has 1 amide bonds. The molecule has 35 nitrogen and oxygen atoms in total. The maximum Gasteiger partial charge on any atom is 0.339 e. The predicted molar refractivity (Wildman–Crippen MR) is 514 cm³/mol. The van der Waals surface area contributed by atoms with Crippen LogP contribution >= 0.6 is 55.9 Å². The molecule has 1 aliphatic heterocycles. The average Bonchev–Trinajstić information content (AvgIpc) is 0.761. The van der Waals surface area contributed by atoms with E-state index in [0.29, 0.717) is 23.8 Å². The number of halogens is 5. The highest BCUT2D eigenvalue weighted by Gasteiger charge is 2.38. The smallest absolute Gasteiger partial charge is 0.339 e. The first-order chi connectivity index (χ1) is 60.4. The number of benzene rings is 4. The molecule has 671 valence electrons. The summed E-state index contributed by atoms with van der Waals surface area (Å²) < 4.78 is 117. The fourth-order valence-electron chi connectivity index (χ4n) is 9.81. The zero-order valence-corrected chi connectivity index (χ0v) is 78.2. The third-order valence-electron chi connectivity index (χ3n) is 16.7. The molecule has 2 unspecified atom stereocenters. The van der Waals surface area contributed by atoms with Gasteiger partial charge in [0.15, 0.2) is 34.4 Å². The number of fused-ring (bicyclic) bond motifs is 3. The average molecular weight is 2030 g/mol. The molecule has 11 aromatic rings. The Balaban J connectivity index is 0. The summed E-state index contributed by atoms with van der Waals surface area (Å²) in [5.41, 5.74) is 10.8. The second-order valence-corrected chi connectivity index (χ2v) is 32.7. The van der Waals surface area contributed by atoms with Gasteiger partial charge in [-0.2, -0.15) is 8.42 Å². The Kier molecular flexibility index (Phi) is 45.5. The number of pyridine rings is 2. The van der Waals surface area contributed by atoms with Crippen molar-refractivity contribution in [3.8, 4) is 5.75 Å². The van der Waals surface area contributed by atoms with Crippen LogP contribution in [0, 0.1) is 58.3 Å². The van der Waals surface area contributed by atoms with Gasteiger partial charge in [0.25, 0.3) is 48.0 Å². The van der Waals surface area contributed by atoms with Gasteiger partial charge in [-0.25, -0.2) is 42.1 Å². The fourth-order valence-corrected chi connectivity index (χ4v) is 12.5. The van der Waals surface area contributed by atoms with Crippen molar-refractivity contribution in [1.82, 2.24) is 57.3 Å². The second-order valence-electron chi connectivity index (χ2n) is 26.1. The van der Waals surface area contributed by atoms with Gasteiger partial charge < -0.3 is 58.6 Å². The lowest BCUT2D eigenvalue weighted by Gasteiger charge is -2.26. The van der Waals surface area contributed by atoms with Crippen molar-refractivity contribution in [1.29, 1.82) is 0 Å². The Labute approximate surface area is 775 Å². The van der Waals surface area contributed by atoms with Gasteiger partial charge in [-0.3, -0.25) is 66.8 Å². The fraction of sp³-hybridized carbons (Fsp3) is 0.275. The predicted octanol–water partition coefficient (Wildman–Crippen LogP) is 7.33. The lowest BCUT2D eigenvalue weighted by molar-refractivity contribution is -0.151. The molecule has 2 atom stereocenters. The summed E-state index contributed by atoms with van der Waals surface area (Å²) in [6.45, 7) is 18.0. The summed E-state index contributed by atoms with van der Waals surface area (Å²) in [5.74, 6) is -2.83. The van der Waals surface area contributed by atoms with Crippen molar-refractivity contribution in [2.24, 2.45) is 54.1 Å². The molecule has 6 N–H and O–H groups in total. The van der Waals surface area contributed by atoms with E-state index in [2.05, 4.69) is 103 Å². The minimum atomic E-state index is -4.23. The number of Topliss-reactive ketones (excluding diaryl/α,β-unsaturated/α-hetero) is 2. The monoisotopic (exact) mass is 2030 g/mol. The highest BCUT2D eigenvalue weighted by molar-refractivity contribution is 14.1. The van der Waals surface area contributed by atoms with Crippen LogP contribution in [0.3, 0.4) is 0 Å². The molecule has 1 aliphatic rings. The van der Waals surface area contributed by atoms with Crippen LogP contribution < -0.4 is 69.7 Å². The number of methoxy groups -OCH3 is 1. The zero-order chi connectivity index (χ0) is 99.0. The summed E-state index contributed by atoms with van der Waals surface area (Å²) in [4.78, 5) is 152. The number of nitrogens with zero attached hydrogens (tertiary/aromatic N) is 12. The largest absolute Gasteiger partial charge is 0.465 e. The lowest BCUT2D eigenvalue weighted by Crippen LogP contribution is -2.45. The Morgan fingerprint density at radius 2 is 1.13 bits per heavy atom. The Morgan fingerprint density at radius 3 is 1.57 bits per heavy atom. The van der Waals surface area contributed by atoms with E-state index in [-0.39, 0.29) is 134 Å². The van der Waals surface area contributed by atoms with Crippen molar-refractivity contribution in [2.75, 3.05) is 68.1 Å². The van der Waals surface area contributed by atoms with Crippen LogP contribution in [0.1, 0.15) is 66.7 Å². The van der Waals surface area contributed by atoms with E-state index in [0.717, 1.165) is 18.3 Å². The van der Waals surface area contributed by atoms with E-state index in [1.807, 2.05) is 59.0 Å². The third-order valence-corrected chi connectivity index (χ3v) is 20.7. The number of carbonyl (C=O) groups excluding carboxylic acids is 4. The number of hydrogen-bond acceptors (Lipinski definition) is 27. The summed E-state index contributed by atoms with van der Waals surface area (Å²) in [6, 6.07) is 24.7. The minimum Gasteiger partial charge on any atom is -0.465 e. The Morgan fingerprint density at radius 1 is 0.669 bits per heavy atom. The maximum atomic E-state index is 14.2. The molecule has 12 rings (SSSR count). The molecule has 0 spiro atoms. The molecule has 9 radical (unpaired) electrons. The number of ether oxygens (including phenoxy) is 2. The molecular weight excluding hydrogens is 1930 g/mol. The van der Waals surface area contributed by atoms with Crippen molar-refractivity contribution in [3.63, 3.8) is 0 Å². The molecule has 0 saturated carbocycles. The number of H-pyrrole nitrogens is 1. The van der Waals surface area contributed by atoms with E-state index in [1.165, 1.54) is 169 Å². The third kappa shape index (κ3) is 33.1. The van der Waals surface area contributed by atoms with Gasteiger partial charge in [0.2, 0.25) is 5.91 Å². The number of nitrogens with two attached hydrogens (primary N) is 1. The first-order valence-electron chi connectivity index (χ1n) is 38.3. The highest BCUT2D eigenvalue weighted by Crippen LogP contribution is 2.30. The van der Waals surface area contributed by atoms with E-state index in [4.69, 9.17) is 26.5 Å². The number of amides is 1. The van der Waals surface area contributed by atoms with Gasteiger partial charge in [-0.05, 0) is 167 Å². The molecule has 0 bridgehead atoms. The van der Waals surface area contributed by atoms with Crippen LogP contribution in [-0.4, -0.2) is 177 Å². The van der Waals surface area contributed by atoms with Crippen molar-refractivity contribution in [2.45, 2.75) is 65.7 Å². The quantitative estimate of drug-likeness (QED) is 0.0110. The van der Waals surface area contributed by atoms with Crippen LogP contribution in [0.25, 0.3) is 22.1 Å². The normalized spacial score (nSPS) is 11.6. The number of aromatic nitrogens is 12. The van der Waals surface area contributed by atoms with Gasteiger partial charge in [-0.1, -0.05) is 54.3 Å². The highest BCUT2D eigenvalue weighted by atomic mass is 127. The van der Waals surface area contributed by atoms with E-state index < -0.39 is 71.6 Å². The number of ketones is 2. The van der Waals surface area contributed by atoms with Crippen LogP contribution in [-0.2, 0) is 85.3 Å². The zero-order valence-electron chi connectivity index (χ0n) is 75.5. The van der Waals surface area contributed by atoms with E-state index in [1.54, 1.807) is 97.6 Å². The minimum absolute atomic E-state index is 0. The van der Waals surface area contributed by atoms with Crippen LogP contribution in [0.2, 0.25) is 0 Å². The summed E-state index contributed by atoms with van der Waals surface area (Å²) in [7, 11) is 26.9. The molecule has 0 fully saturated rings. The number of carbonyl (C=O) groups is 4. The summed E-state index contributed by atoms with van der Waals surface area (Å²) in [5, 5.41) is 8.59. The molecular formula is C80H96B5ClF2I2N17O18S2. The summed E-state index contributed by atoms with van der Waals surface area (Å²) >= 11 is 4.04. The number of nitrogen functional groups attached to an aromatic ring is 1. The second kappa shape index (κ2) is 52.9. The van der Waals surface area contributed by atoms with Gasteiger partial charge in [0, 0.05) is 150 Å². The van der Waals surface area contributed by atoms with Gasteiger partial charge in [0.05, 0.1) is 71.7 Å². The first kappa shape index (κ1) is 109.